The number of nitro groups is 1. The van der Waals surface area contributed by atoms with E-state index in [0.29, 0.717) is 24.8 Å². The Morgan fingerprint density at radius 3 is 2.42 bits per heavy atom. The molecular formula is C13H18FN3O2. The zero-order chi connectivity index (χ0) is 14.0. The van der Waals surface area contributed by atoms with Gasteiger partial charge in [0, 0.05) is 32.2 Å². The van der Waals surface area contributed by atoms with Crippen LogP contribution in [-0.2, 0) is 0 Å². The first-order valence-electron chi connectivity index (χ1n) is 6.42. The second kappa shape index (κ2) is 5.52. The maximum atomic E-state index is 13.6. The summed E-state index contributed by atoms with van der Waals surface area (Å²) in [7, 11) is 0. The largest absolute Gasteiger partial charge is 0.363 e. The molecule has 1 aliphatic rings. The van der Waals surface area contributed by atoms with Gasteiger partial charge in [-0.2, -0.15) is 4.39 Å². The molecule has 104 valence electrons. The number of halogens is 1. The van der Waals surface area contributed by atoms with Crippen LogP contribution in [0.15, 0.2) is 18.2 Å². The fourth-order valence-corrected chi connectivity index (χ4v) is 2.42. The minimum absolute atomic E-state index is 0.383. The maximum absolute atomic E-state index is 13.6. The Balaban J connectivity index is 2.20. The van der Waals surface area contributed by atoms with Crippen LogP contribution in [-0.4, -0.2) is 42.0 Å². The molecule has 0 N–H and O–H groups in total. The molecule has 1 heterocycles. The third-order valence-electron chi connectivity index (χ3n) is 3.53. The Morgan fingerprint density at radius 1 is 1.26 bits per heavy atom. The third kappa shape index (κ3) is 2.84. The number of piperazine rings is 1. The van der Waals surface area contributed by atoms with Crippen LogP contribution in [0.25, 0.3) is 0 Å². The highest BCUT2D eigenvalue weighted by Crippen LogP contribution is 2.31. The van der Waals surface area contributed by atoms with Crippen molar-refractivity contribution in [2.75, 3.05) is 31.1 Å². The summed E-state index contributed by atoms with van der Waals surface area (Å²) in [6.07, 6.45) is 0. The Hall–Kier alpha value is -1.69. The molecule has 0 bridgehead atoms. The van der Waals surface area contributed by atoms with Crippen molar-refractivity contribution >= 4 is 11.4 Å². The average Bonchev–Trinajstić information content (AvgIpc) is 2.38. The lowest BCUT2D eigenvalue weighted by Crippen LogP contribution is -2.49. The summed E-state index contributed by atoms with van der Waals surface area (Å²) in [4.78, 5) is 14.5. The lowest BCUT2D eigenvalue weighted by Gasteiger charge is -2.37. The van der Waals surface area contributed by atoms with Crippen LogP contribution in [0.2, 0.25) is 0 Å². The predicted octanol–water partition coefficient (Wildman–Crippen LogP) is 2.26. The lowest BCUT2D eigenvalue weighted by molar-refractivity contribution is -0.386. The Kier molecular flexibility index (Phi) is 3.99. The quantitative estimate of drug-likeness (QED) is 0.622. The molecule has 2 rings (SSSR count). The van der Waals surface area contributed by atoms with Crippen molar-refractivity contribution in [3.63, 3.8) is 0 Å². The molecule has 0 amide bonds. The highest BCUT2D eigenvalue weighted by atomic mass is 19.1. The fourth-order valence-electron chi connectivity index (χ4n) is 2.42. The first-order valence-corrected chi connectivity index (χ1v) is 6.42. The molecule has 19 heavy (non-hydrogen) atoms. The Morgan fingerprint density at radius 2 is 1.89 bits per heavy atom. The minimum Gasteiger partial charge on any atom is -0.363 e. The second-order valence-electron chi connectivity index (χ2n) is 4.98. The number of para-hydroxylation sites is 1. The molecule has 0 spiro atoms. The standard InChI is InChI=1S/C13H18FN3O2/c1-10(2)15-6-8-16(9-7-15)12-5-3-4-11(14)13(12)17(18)19/h3-5,10H,6-9H2,1-2H3. The number of benzene rings is 1. The molecule has 5 nitrogen and oxygen atoms in total. The Labute approximate surface area is 111 Å². The molecule has 0 aromatic heterocycles. The van der Waals surface area contributed by atoms with Gasteiger partial charge in [-0.1, -0.05) is 6.07 Å². The van der Waals surface area contributed by atoms with Gasteiger partial charge in [0.05, 0.1) is 4.92 Å². The van der Waals surface area contributed by atoms with Gasteiger partial charge in [0.1, 0.15) is 5.69 Å². The molecule has 0 saturated carbocycles. The number of hydrogen-bond acceptors (Lipinski definition) is 4. The number of anilines is 1. The van der Waals surface area contributed by atoms with Gasteiger partial charge in [0.2, 0.25) is 5.82 Å². The minimum atomic E-state index is -0.770. The molecule has 0 atom stereocenters. The predicted molar refractivity (Wildman–Crippen MR) is 72.0 cm³/mol. The maximum Gasteiger partial charge on any atom is 0.327 e. The van der Waals surface area contributed by atoms with Crippen LogP contribution in [0.4, 0.5) is 15.8 Å². The van der Waals surface area contributed by atoms with Crippen molar-refractivity contribution in [3.8, 4) is 0 Å². The molecule has 1 aromatic rings. The van der Waals surface area contributed by atoms with E-state index >= 15 is 0 Å². The van der Waals surface area contributed by atoms with Gasteiger partial charge in [-0.3, -0.25) is 15.0 Å². The Bertz CT molecular complexity index is 471. The molecule has 1 saturated heterocycles. The van der Waals surface area contributed by atoms with Crippen LogP contribution in [0.5, 0.6) is 0 Å². The summed E-state index contributed by atoms with van der Waals surface area (Å²) in [6.45, 7) is 7.29. The normalized spacial score (nSPS) is 16.9. The molecule has 1 aromatic carbocycles. The van der Waals surface area contributed by atoms with Crippen molar-refractivity contribution in [2.24, 2.45) is 0 Å². The van der Waals surface area contributed by atoms with E-state index in [1.807, 2.05) is 4.90 Å². The van der Waals surface area contributed by atoms with E-state index in [4.69, 9.17) is 0 Å². The number of hydrogen-bond donors (Lipinski definition) is 0. The van der Waals surface area contributed by atoms with E-state index in [1.54, 1.807) is 6.07 Å². The highest BCUT2D eigenvalue weighted by molar-refractivity contribution is 5.64. The van der Waals surface area contributed by atoms with Crippen LogP contribution in [0.1, 0.15) is 13.8 Å². The summed E-state index contributed by atoms with van der Waals surface area (Å²) in [5, 5.41) is 11.0. The van der Waals surface area contributed by atoms with E-state index in [9.17, 15) is 14.5 Å². The summed E-state index contributed by atoms with van der Waals surface area (Å²) in [5.74, 6) is -0.770. The highest BCUT2D eigenvalue weighted by Gasteiger charge is 2.27. The SMILES string of the molecule is CC(C)N1CCN(c2cccc(F)c2[N+](=O)[O-])CC1. The van der Waals surface area contributed by atoms with Gasteiger partial charge in [-0.15, -0.1) is 0 Å². The average molecular weight is 267 g/mol. The molecule has 0 radical (unpaired) electrons. The summed E-state index contributed by atoms with van der Waals surface area (Å²) in [6, 6.07) is 4.73. The van der Waals surface area contributed by atoms with E-state index in [1.165, 1.54) is 6.07 Å². The topological polar surface area (TPSA) is 49.6 Å². The molecule has 0 aliphatic carbocycles. The van der Waals surface area contributed by atoms with Gasteiger partial charge >= 0.3 is 5.69 Å². The van der Waals surface area contributed by atoms with E-state index in [2.05, 4.69) is 18.7 Å². The monoisotopic (exact) mass is 267 g/mol. The van der Waals surface area contributed by atoms with Crippen LogP contribution < -0.4 is 4.90 Å². The molecule has 0 unspecified atom stereocenters. The van der Waals surface area contributed by atoms with Gasteiger partial charge in [0.15, 0.2) is 0 Å². The lowest BCUT2D eigenvalue weighted by atomic mass is 10.2. The van der Waals surface area contributed by atoms with Crippen LogP contribution >= 0.6 is 0 Å². The van der Waals surface area contributed by atoms with Crippen molar-refractivity contribution in [3.05, 3.63) is 34.1 Å². The van der Waals surface area contributed by atoms with Crippen LogP contribution in [0, 0.1) is 15.9 Å². The molecule has 1 aliphatic heterocycles. The summed E-state index contributed by atoms with van der Waals surface area (Å²) >= 11 is 0. The molecular weight excluding hydrogens is 249 g/mol. The van der Waals surface area contributed by atoms with E-state index in [0.717, 1.165) is 19.2 Å². The van der Waals surface area contributed by atoms with Gasteiger partial charge in [-0.05, 0) is 26.0 Å². The number of nitro benzene ring substituents is 1. The van der Waals surface area contributed by atoms with Crippen LogP contribution in [0.3, 0.4) is 0 Å². The van der Waals surface area contributed by atoms with Crippen molar-refractivity contribution < 1.29 is 9.31 Å². The third-order valence-corrected chi connectivity index (χ3v) is 3.53. The van der Waals surface area contributed by atoms with E-state index < -0.39 is 16.4 Å². The zero-order valence-electron chi connectivity index (χ0n) is 11.2. The first kappa shape index (κ1) is 13.7. The summed E-state index contributed by atoms with van der Waals surface area (Å²) in [5.41, 5.74) is -0.0334. The first-order chi connectivity index (χ1) is 9.00. The van der Waals surface area contributed by atoms with Crippen molar-refractivity contribution in [1.29, 1.82) is 0 Å². The number of nitrogens with zero attached hydrogens (tertiary/aromatic N) is 3. The number of rotatable bonds is 3. The van der Waals surface area contributed by atoms with Crippen molar-refractivity contribution in [1.82, 2.24) is 4.90 Å². The van der Waals surface area contributed by atoms with Crippen molar-refractivity contribution in [2.45, 2.75) is 19.9 Å². The van der Waals surface area contributed by atoms with Gasteiger partial charge in [0.25, 0.3) is 0 Å². The van der Waals surface area contributed by atoms with Gasteiger partial charge < -0.3 is 4.90 Å². The summed E-state index contributed by atoms with van der Waals surface area (Å²) < 4.78 is 13.6. The zero-order valence-corrected chi connectivity index (χ0v) is 11.2. The second-order valence-corrected chi connectivity index (χ2v) is 4.98. The van der Waals surface area contributed by atoms with Gasteiger partial charge in [-0.25, -0.2) is 0 Å². The fraction of sp³-hybridized carbons (Fsp3) is 0.538. The molecule has 6 heteroatoms. The molecule has 1 fully saturated rings. The van der Waals surface area contributed by atoms with E-state index in [-0.39, 0.29) is 0 Å². The smallest absolute Gasteiger partial charge is 0.327 e.